The standard InChI is InChI=1S/C9H11F3N4O3S/c10-9(11,12)5-14-20(18,19)16-7-3-1-6(2-4-7)8(13)15-17/h1-4,14,16-17H,5H2,(H2,13,15). The first-order valence-corrected chi connectivity index (χ1v) is 6.53. The first-order valence-electron chi connectivity index (χ1n) is 5.05. The monoisotopic (exact) mass is 312 g/mol. The molecular weight excluding hydrogens is 301 g/mol. The van der Waals surface area contributed by atoms with E-state index in [0.29, 0.717) is 5.56 Å². The normalized spacial score (nSPS) is 13.2. The molecule has 1 rings (SSSR count). The van der Waals surface area contributed by atoms with Crippen LogP contribution in [0.25, 0.3) is 0 Å². The summed E-state index contributed by atoms with van der Waals surface area (Å²) >= 11 is 0. The van der Waals surface area contributed by atoms with Gasteiger partial charge < -0.3 is 10.9 Å². The first-order chi connectivity index (χ1) is 9.13. The van der Waals surface area contributed by atoms with Crippen LogP contribution in [0.4, 0.5) is 18.9 Å². The summed E-state index contributed by atoms with van der Waals surface area (Å²) in [7, 11) is -4.34. The number of benzene rings is 1. The summed E-state index contributed by atoms with van der Waals surface area (Å²) in [6.07, 6.45) is -4.65. The minimum Gasteiger partial charge on any atom is -0.409 e. The maximum absolute atomic E-state index is 11.9. The smallest absolute Gasteiger partial charge is 0.402 e. The van der Waals surface area contributed by atoms with Crippen LogP contribution < -0.4 is 15.2 Å². The molecule has 7 nitrogen and oxygen atoms in total. The van der Waals surface area contributed by atoms with Crippen molar-refractivity contribution in [2.24, 2.45) is 10.9 Å². The number of alkyl halides is 3. The molecule has 0 spiro atoms. The van der Waals surface area contributed by atoms with Crippen molar-refractivity contribution in [2.45, 2.75) is 6.18 Å². The fraction of sp³-hybridized carbons (Fsp3) is 0.222. The highest BCUT2D eigenvalue weighted by atomic mass is 32.2. The Kier molecular flexibility index (Phi) is 4.78. The summed E-state index contributed by atoms with van der Waals surface area (Å²) < 4.78 is 61.6. The van der Waals surface area contributed by atoms with Gasteiger partial charge in [0.25, 0.3) is 10.2 Å². The third-order valence-corrected chi connectivity index (χ3v) is 3.03. The van der Waals surface area contributed by atoms with Gasteiger partial charge in [-0.2, -0.15) is 26.3 Å². The Labute approximate surface area is 112 Å². The topological polar surface area (TPSA) is 117 Å². The van der Waals surface area contributed by atoms with Crippen molar-refractivity contribution in [3.63, 3.8) is 0 Å². The van der Waals surface area contributed by atoms with E-state index >= 15 is 0 Å². The molecule has 0 aliphatic carbocycles. The van der Waals surface area contributed by atoms with E-state index in [2.05, 4.69) is 5.16 Å². The molecule has 5 N–H and O–H groups in total. The zero-order chi connectivity index (χ0) is 15.4. The van der Waals surface area contributed by atoms with E-state index in [-0.39, 0.29) is 11.5 Å². The second kappa shape index (κ2) is 5.96. The molecule has 0 atom stereocenters. The molecule has 0 unspecified atom stereocenters. The molecule has 0 bridgehead atoms. The summed E-state index contributed by atoms with van der Waals surface area (Å²) in [6, 6.07) is 5.16. The van der Waals surface area contributed by atoms with E-state index in [1.165, 1.54) is 29.0 Å². The van der Waals surface area contributed by atoms with Crippen molar-refractivity contribution in [1.82, 2.24) is 4.72 Å². The second-order valence-electron chi connectivity index (χ2n) is 3.60. The van der Waals surface area contributed by atoms with Gasteiger partial charge in [-0.15, -0.1) is 0 Å². The average molecular weight is 312 g/mol. The number of oxime groups is 1. The molecule has 1 aromatic rings. The van der Waals surface area contributed by atoms with Gasteiger partial charge in [0.2, 0.25) is 0 Å². The highest BCUT2D eigenvalue weighted by Gasteiger charge is 2.29. The van der Waals surface area contributed by atoms with Crippen molar-refractivity contribution >= 4 is 21.7 Å². The Hall–Kier alpha value is -2.01. The van der Waals surface area contributed by atoms with Gasteiger partial charge in [0, 0.05) is 11.3 Å². The van der Waals surface area contributed by atoms with E-state index in [9.17, 15) is 21.6 Å². The van der Waals surface area contributed by atoms with Gasteiger partial charge in [-0.05, 0) is 24.3 Å². The summed E-state index contributed by atoms with van der Waals surface area (Å²) in [6.45, 7) is -1.68. The highest BCUT2D eigenvalue weighted by molar-refractivity contribution is 7.90. The number of anilines is 1. The van der Waals surface area contributed by atoms with Crippen LogP contribution in [0.1, 0.15) is 5.56 Å². The molecule has 0 radical (unpaired) electrons. The van der Waals surface area contributed by atoms with Crippen LogP contribution >= 0.6 is 0 Å². The van der Waals surface area contributed by atoms with E-state index in [0.717, 1.165) is 0 Å². The third-order valence-electron chi connectivity index (χ3n) is 2.00. The molecule has 11 heteroatoms. The van der Waals surface area contributed by atoms with Crippen LogP contribution in [-0.2, 0) is 10.2 Å². The lowest BCUT2D eigenvalue weighted by Crippen LogP contribution is -2.37. The number of nitrogens with two attached hydrogens (primary N) is 1. The lowest BCUT2D eigenvalue weighted by Gasteiger charge is -2.11. The Morgan fingerprint density at radius 2 is 1.85 bits per heavy atom. The lowest BCUT2D eigenvalue weighted by molar-refractivity contribution is -0.121. The van der Waals surface area contributed by atoms with Crippen LogP contribution in [0.5, 0.6) is 0 Å². The van der Waals surface area contributed by atoms with Crippen molar-refractivity contribution in [1.29, 1.82) is 0 Å². The lowest BCUT2D eigenvalue weighted by atomic mass is 10.2. The summed E-state index contributed by atoms with van der Waals surface area (Å²) in [5.74, 6) is -0.186. The van der Waals surface area contributed by atoms with Crippen LogP contribution in [0.3, 0.4) is 0 Å². The summed E-state index contributed by atoms with van der Waals surface area (Å²) in [5, 5.41) is 11.2. The molecule has 112 valence electrons. The maximum atomic E-state index is 11.9. The van der Waals surface area contributed by atoms with Crippen molar-refractivity contribution in [3.8, 4) is 0 Å². The number of hydrogen-bond donors (Lipinski definition) is 4. The van der Waals surface area contributed by atoms with Gasteiger partial charge in [0.1, 0.15) is 6.54 Å². The minimum absolute atomic E-state index is 0.0224. The predicted molar refractivity (Wildman–Crippen MR) is 65.6 cm³/mol. The minimum atomic E-state index is -4.65. The number of rotatable bonds is 5. The van der Waals surface area contributed by atoms with Gasteiger partial charge >= 0.3 is 6.18 Å². The molecule has 0 aromatic heterocycles. The molecule has 20 heavy (non-hydrogen) atoms. The predicted octanol–water partition coefficient (Wildman–Crippen LogP) is 0.590. The average Bonchev–Trinajstić information content (AvgIpc) is 2.35. The zero-order valence-electron chi connectivity index (χ0n) is 9.85. The largest absolute Gasteiger partial charge is 0.409 e. The van der Waals surface area contributed by atoms with Crippen molar-refractivity contribution < 1.29 is 26.8 Å². The van der Waals surface area contributed by atoms with Crippen molar-refractivity contribution in [2.75, 3.05) is 11.3 Å². The van der Waals surface area contributed by atoms with Gasteiger partial charge in [-0.1, -0.05) is 5.16 Å². The van der Waals surface area contributed by atoms with Gasteiger partial charge in [0.05, 0.1) is 0 Å². The van der Waals surface area contributed by atoms with Gasteiger partial charge in [-0.3, -0.25) is 4.72 Å². The van der Waals surface area contributed by atoms with Crippen LogP contribution in [-0.4, -0.2) is 32.2 Å². The van der Waals surface area contributed by atoms with Crippen LogP contribution in [0.2, 0.25) is 0 Å². The van der Waals surface area contributed by atoms with Crippen molar-refractivity contribution in [3.05, 3.63) is 29.8 Å². The molecular formula is C9H11F3N4O3S. The number of nitrogens with zero attached hydrogens (tertiary/aromatic N) is 1. The molecule has 0 heterocycles. The quantitative estimate of drug-likeness (QED) is 0.275. The van der Waals surface area contributed by atoms with E-state index < -0.39 is 22.9 Å². The van der Waals surface area contributed by atoms with Gasteiger partial charge in [0.15, 0.2) is 5.84 Å². The van der Waals surface area contributed by atoms with Crippen LogP contribution in [0.15, 0.2) is 29.4 Å². The van der Waals surface area contributed by atoms with Crippen LogP contribution in [0, 0.1) is 0 Å². The molecule has 1 aromatic carbocycles. The molecule has 0 saturated heterocycles. The number of halogens is 3. The fourth-order valence-electron chi connectivity index (χ4n) is 1.13. The zero-order valence-corrected chi connectivity index (χ0v) is 10.7. The Morgan fingerprint density at radius 3 is 2.30 bits per heavy atom. The van der Waals surface area contributed by atoms with E-state index in [4.69, 9.17) is 10.9 Å². The Bertz CT molecular complexity index is 583. The first kappa shape index (κ1) is 16.0. The van der Waals surface area contributed by atoms with E-state index in [1.807, 2.05) is 4.72 Å². The molecule has 0 fully saturated rings. The second-order valence-corrected chi connectivity index (χ2v) is 5.10. The van der Waals surface area contributed by atoms with E-state index in [1.54, 1.807) is 0 Å². The highest BCUT2D eigenvalue weighted by Crippen LogP contribution is 2.14. The summed E-state index contributed by atoms with van der Waals surface area (Å²) in [4.78, 5) is 0. The molecule has 0 saturated carbocycles. The summed E-state index contributed by atoms with van der Waals surface area (Å²) in [5.41, 5.74) is 5.63. The number of hydrogen-bond acceptors (Lipinski definition) is 4. The van der Waals surface area contributed by atoms with Gasteiger partial charge in [-0.25, -0.2) is 0 Å². The number of amidine groups is 1. The Balaban J connectivity index is 2.73. The SMILES string of the molecule is N/C(=N/O)c1ccc(NS(=O)(=O)NCC(F)(F)F)cc1. The molecule has 0 aliphatic rings. The number of nitrogens with one attached hydrogen (secondary N) is 2. The third kappa shape index (κ3) is 5.32. The molecule has 0 amide bonds. The Morgan fingerprint density at radius 1 is 1.30 bits per heavy atom. The molecule has 0 aliphatic heterocycles. The fourth-order valence-corrected chi connectivity index (χ4v) is 2.01. The maximum Gasteiger partial charge on any atom is 0.402 e.